The summed E-state index contributed by atoms with van der Waals surface area (Å²) in [6.07, 6.45) is 1.91. The van der Waals surface area contributed by atoms with Crippen molar-refractivity contribution in [2.75, 3.05) is 13.1 Å². The number of benzene rings is 2. The van der Waals surface area contributed by atoms with Gasteiger partial charge in [0.15, 0.2) is 0 Å². The van der Waals surface area contributed by atoms with Gasteiger partial charge < -0.3 is 10.2 Å². The Morgan fingerprint density at radius 1 is 1.00 bits per heavy atom. The van der Waals surface area contributed by atoms with Crippen molar-refractivity contribution in [3.05, 3.63) is 71.3 Å². The summed E-state index contributed by atoms with van der Waals surface area (Å²) in [5.41, 5.74) is 3.29. The maximum absolute atomic E-state index is 13.0. The molecule has 1 N–H and O–H groups in total. The lowest BCUT2D eigenvalue weighted by Gasteiger charge is -2.29. The highest BCUT2D eigenvalue weighted by molar-refractivity contribution is 5.88. The van der Waals surface area contributed by atoms with Crippen LogP contribution in [0, 0.1) is 6.92 Å². The molecule has 2 rings (SSSR count). The molecule has 0 aliphatic carbocycles. The smallest absolute Gasteiger partial charge is 0.242 e. The van der Waals surface area contributed by atoms with E-state index in [1.165, 1.54) is 5.56 Å². The first-order valence-corrected chi connectivity index (χ1v) is 9.68. The standard InChI is InChI=1S/C23H30N2O2/c1-4-15-24-23(27)19(3)25(16-14-20-8-6-5-7-9-20)22(26)17-21-12-10-18(2)11-13-21/h5-13,19H,4,14-17H2,1-3H3,(H,24,27)/t19-/m0/s1. The third kappa shape index (κ3) is 6.55. The van der Waals surface area contributed by atoms with E-state index in [0.717, 1.165) is 24.0 Å². The normalized spacial score (nSPS) is 11.7. The van der Waals surface area contributed by atoms with Gasteiger partial charge in [0, 0.05) is 13.1 Å². The number of carbonyl (C=O) groups excluding carboxylic acids is 2. The van der Waals surface area contributed by atoms with Gasteiger partial charge in [0.1, 0.15) is 6.04 Å². The van der Waals surface area contributed by atoms with Crippen LogP contribution in [0.1, 0.15) is 37.0 Å². The van der Waals surface area contributed by atoms with Crippen molar-refractivity contribution in [3.8, 4) is 0 Å². The van der Waals surface area contributed by atoms with Crippen LogP contribution in [0.3, 0.4) is 0 Å². The first kappa shape index (κ1) is 20.7. The van der Waals surface area contributed by atoms with Gasteiger partial charge in [-0.25, -0.2) is 0 Å². The number of aryl methyl sites for hydroxylation is 1. The average molecular weight is 367 g/mol. The summed E-state index contributed by atoms with van der Waals surface area (Å²) in [4.78, 5) is 27.1. The van der Waals surface area contributed by atoms with Crippen LogP contribution in [0.5, 0.6) is 0 Å². The van der Waals surface area contributed by atoms with Crippen molar-refractivity contribution in [2.45, 2.75) is 46.1 Å². The van der Waals surface area contributed by atoms with Crippen molar-refractivity contribution in [2.24, 2.45) is 0 Å². The van der Waals surface area contributed by atoms with Crippen LogP contribution >= 0.6 is 0 Å². The molecule has 4 nitrogen and oxygen atoms in total. The highest BCUT2D eigenvalue weighted by Crippen LogP contribution is 2.11. The van der Waals surface area contributed by atoms with Gasteiger partial charge in [-0.3, -0.25) is 9.59 Å². The summed E-state index contributed by atoms with van der Waals surface area (Å²) in [6.45, 7) is 7.00. The number of nitrogens with one attached hydrogen (secondary N) is 1. The van der Waals surface area contributed by atoms with Crippen LogP contribution in [0.25, 0.3) is 0 Å². The number of hydrogen-bond donors (Lipinski definition) is 1. The fourth-order valence-electron chi connectivity index (χ4n) is 2.95. The van der Waals surface area contributed by atoms with E-state index in [0.29, 0.717) is 19.5 Å². The predicted molar refractivity (Wildman–Crippen MR) is 110 cm³/mol. The zero-order valence-electron chi connectivity index (χ0n) is 16.6. The number of hydrogen-bond acceptors (Lipinski definition) is 2. The third-order valence-electron chi connectivity index (χ3n) is 4.68. The van der Waals surface area contributed by atoms with Gasteiger partial charge in [-0.1, -0.05) is 67.1 Å². The topological polar surface area (TPSA) is 49.4 Å². The largest absolute Gasteiger partial charge is 0.354 e. The number of nitrogens with zero attached hydrogens (tertiary/aromatic N) is 1. The van der Waals surface area contributed by atoms with Crippen LogP contribution in [0.4, 0.5) is 0 Å². The zero-order valence-corrected chi connectivity index (χ0v) is 16.6. The molecule has 0 spiro atoms. The van der Waals surface area contributed by atoms with Crippen molar-refractivity contribution in [1.29, 1.82) is 0 Å². The molecule has 0 aliphatic rings. The Hall–Kier alpha value is -2.62. The maximum atomic E-state index is 13.0. The van der Waals surface area contributed by atoms with Crippen LogP contribution in [-0.4, -0.2) is 35.8 Å². The van der Waals surface area contributed by atoms with E-state index in [-0.39, 0.29) is 11.8 Å². The van der Waals surface area contributed by atoms with Gasteiger partial charge in [-0.2, -0.15) is 0 Å². The molecule has 144 valence electrons. The summed E-state index contributed by atoms with van der Waals surface area (Å²) in [6, 6.07) is 17.5. The molecule has 1 atom stereocenters. The predicted octanol–water partition coefficient (Wildman–Crippen LogP) is 3.52. The quantitative estimate of drug-likeness (QED) is 0.738. The Labute approximate surface area is 162 Å². The maximum Gasteiger partial charge on any atom is 0.242 e. The SMILES string of the molecule is CCCNC(=O)[C@H](C)N(CCc1ccccc1)C(=O)Cc1ccc(C)cc1. The lowest BCUT2D eigenvalue weighted by Crippen LogP contribution is -2.49. The highest BCUT2D eigenvalue weighted by atomic mass is 16.2. The molecule has 0 fully saturated rings. The Morgan fingerprint density at radius 3 is 2.30 bits per heavy atom. The van der Waals surface area contributed by atoms with Crippen LogP contribution in [0.15, 0.2) is 54.6 Å². The molecule has 2 aromatic rings. The molecule has 0 heterocycles. The molecule has 2 aromatic carbocycles. The fourth-order valence-corrected chi connectivity index (χ4v) is 2.95. The molecular formula is C23H30N2O2. The van der Waals surface area contributed by atoms with Gasteiger partial charge in [0.25, 0.3) is 0 Å². The van der Waals surface area contributed by atoms with E-state index >= 15 is 0 Å². The summed E-state index contributed by atoms with van der Waals surface area (Å²) < 4.78 is 0. The van der Waals surface area contributed by atoms with Gasteiger partial charge >= 0.3 is 0 Å². The molecule has 0 unspecified atom stereocenters. The van der Waals surface area contributed by atoms with Crippen LogP contribution < -0.4 is 5.32 Å². The minimum absolute atomic E-state index is 0.0195. The van der Waals surface area contributed by atoms with E-state index in [2.05, 4.69) is 5.32 Å². The van der Waals surface area contributed by atoms with Crippen molar-refractivity contribution < 1.29 is 9.59 Å². The molecule has 0 aromatic heterocycles. The lowest BCUT2D eigenvalue weighted by atomic mass is 10.1. The minimum atomic E-state index is -0.488. The van der Waals surface area contributed by atoms with Crippen molar-refractivity contribution in [1.82, 2.24) is 10.2 Å². The summed E-state index contributed by atoms with van der Waals surface area (Å²) in [5.74, 6) is -0.115. The van der Waals surface area contributed by atoms with Crippen molar-refractivity contribution in [3.63, 3.8) is 0 Å². The number of amides is 2. The summed E-state index contributed by atoms with van der Waals surface area (Å²) in [5, 5.41) is 2.90. The molecule has 0 aliphatic heterocycles. The van der Waals surface area contributed by atoms with E-state index in [1.54, 1.807) is 4.90 Å². The lowest BCUT2D eigenvalue weighted by molar-refractivity contribution is -0.139. The monoisotopic (exact) mass is 366 g/mol. The second-order valence-corrected chi connectivity index (χ2v) is 6.95. The second kappa shape index (κ2) is 10.5. The molecule has 0 saturated heterocycles. The molecule has 4 heteroatoms. The Bertz CT molecular complexity index is 726. The van der Waals surface area contributed by atoms with E-state index in [1.807, 2.05) is 75.4 Å². The molecular weight excluding hydrogens is 336 g/mol. The average Bonchev–Trinajstić information content (AvgIpc) is 2.68. The van der Waals surface area contributed by atoms with Gasteiger partial charge in [0.2, 0.25) is 11.8 Å². The Kier molecular flexibility index (Phi) is 8.05. The second-order valence-electron chi connectivity index (χ2n) is 6.95. The first-order chi connectivity index (χ1) is 13.0. The molecule has 0 saturated carbocycles. The molecule has 0 bridgehead atoms. The molecule has 27 heavy (non-hydrogen) atoms. The summed E-state index contributed by atoms with van der Waals surface area (Å²) in [7, 11) is 0. The Balaban J connectivity index is 2.10. The minimum Gasteiger partial charge on any atom is -0.354 e. The number of rotatable bonds is 9. The number of carbonyl (C=O) groups is 2. The van der Waals surface area contributed by atoms with Crippen molar-refractivity contribution >= 4 is 11.8 Å². The van der Waals surface area contributed by atoms with Crippen LogP contribution in [-0.2, 0) is 22.4 Å². The molecule has 2 amide bonds. The van der Waals surface area contributed by atoms with Crippen LogP contribution in [0.2, 0.25) is 0 Å². The highest BCUT2D eigenvalue weighted by Gasteiger charge is 2.25. The van der Waals surface area contributed by atoms with E-state index < -0.39 is 6.04 Å². The fraction of sp³-hybridized carbons (Fsp3) is 0.391. The third-order valence-corrected chi connectivity index (χ3v) is 4.68. The van der Waals surface area contributed by atoms with E-state index in [9.17, 15) is 9.59 Å². The first-order valence-electron chi connectivity index (χ1n) is 9.68. The van der Waals surface area contributed by atoms with Gasteiger partial charge in [0.05, 0.1) is 6.42 Å². The summed E-state index contributed by atoms with van der Waals surface area (Å²) >= 11 is 0. The molecule has 0 radical (unpaired) electrons. The van der Waals surface area contributed by atoms with Gasteiger partial charge in [-0.15, -0.1) is 0 Å². The zero-order chi connectivity index (χ0) is 19.6. The Morgan fingerprint density at radius 2 is 1.67 bits per heavy atom. The van der Waals surface area contributed by atoms with Gasteiger partial charge in [-0.05, 0) is 37.8 Å². The van der Waals surface area contributed by atoms with E-state index in [4.69, 9.17) is 0 Å².